The number of nitrogens with zero attached hydrogens (tertiary/aromatic N) is 2. The lowest BCUT2D eigenvalue weighted by Gasteiger charge is -2.24. The van der Waals surface area contributed by atoms with E-state index in [-0.39, 0.29) is 5.91 Å². The zero-order valence-electron chi connectivity index (χ0n) is 16.0. The summed E-state index contributed by atoms with van der Waals surface area (Å²) in [5.41, 5.74) is 2.68. The standard InChI is InChI=1S/C20H23N3O4S/c1-4-20(24)23-18(14-9-5-7-11-16(14)22-28(3,25)26)13-17(21-23)15-10-6-8-12-19(15)27-2/h5-12,18,22H,4,13H2,1-3H3. The van der Waals surface area contributed by atoms with E-state index >= 15 is 0 Å². The van der Waals surface area contributed by atoms with Gasteiger partial charge in [0.05, 0.1) is 30.8 Å². The minimum atomic E-state index is -3.46. The van der Waals surface area contributed by atoms with Gasteiger partial charge in [0.15, 0.2) is 0 Å². The minimum absolute atomic E-state index is 0.135. The molecule has 1 aliphatic heterocycles. The Morgan fingerprint density at radius 1 is 1.21 bits per heavy atom. The number of hydrazone groups is 1. The molecular weight excluding hydrogens is 378 g/mol. The third-order valence-electron chi connectivity index (χ3n) is 4.50. The number of sulfonamides is 1. The molecule has 3 rings (SSSR count). The van der Waals surface area contributed by atoms with Crippen LogP contribution < -0.4 is 9.46 Å². The number of methoxy groups -OCH3 is 1. The largest absolute Gasteiger partial charge is 0.496 e. The van der Waals surface area contributed by atoms with Gasteiger partial charge >= 0.3 is 0 Å². The molecule has 0 saturated heterocycles. The number of anilines is 1. The number of rotatable bonds is 6. The highest BCUT2D eigenvalue weighted by Gasteiger charge is 2.34. The van der Waals surface area contributed by atoms with Crippen molar-refractivity contribution in [3.63, 3.8) is 0 Å². The van der Waals surface area contributed by atoms with Crippen molar-refractivity contribution in [2.24, 2.45) is 5.10 Å². The molecule has 28 heavy (non-hydrogen) atoms. The molecule has 1 unspecified atom stereocenters. The highest BCUT2D eigenvalue weighted by Crippen LogP contribution is 2.38. The van der Waals surface area contributed by atoms with Gasteiger partial charge in [-0.15, -0.1) is 0 Å². The van der Waals surface area contributed by atoms with Crippen LogP contribution in [0.25, 0.3) is 0 Å². The second-order valence-electron chi connectivity index (χ2n) is 6.52. The molecule has 2 aromatic carbocycles. The molecule has 0 aromatic heterocycles. The van der Waals surface area contributed by atoms with Crippen LogP contribution >= 0.6 is 0 Å². The zero-order chi connectivity index (χ0) is 20.3. The number of benzene rings is 2. The van der Waals surface area contributed by atoms with Gasteiger partial charge in [-0.1, -0.05) is 37.3 Å². The lowest BCUT2D eigenvalue weighted by Crippen LogP contribution is -2.27. The molecule has 1 N–H and O–H groups in total. The summed E-state index contributed by atoms with van der Waals surface area (Å²) in [5, 5.41) is 6.03. The topological polar surface area (TPSA) is 88.1 Å². The van der Waals surface area contributed by atoms with Crippen molar-refractivity contribution in [1.29, 1.82) is 0 Å². The van der Waals surface area contributed by atoms with E-state index < -0.39 is 16.1 Å². The van der Waals surface area contributed by atoms with E-state index in [0.29, 0.717) is 29.8 Å². The molecule has 1 amide bonds. The van der Waals surface area contributed by atoms with Crippen molar-refractivity contribution in [3.8, 4) is 5.75 Å². The van der Waals surface area contributed by atoms with Crippen LogP contribution in [0.4, 0.5) is 5.69 Å². The maximum atomic E-state index is 12.6. The number of hydrogen-bond donors (Lipinski definition) is 1. The summed E-state index contributed by atoms with van der Waals surface area (Å²) in [5.74, 6) is 0.539. The third-order valence-corrected chi connectivity index (χ3v) is 5.09. The highest BCUT2D eigenvalue weighted by atomic mass is 32.2. The van der Waals surface area contributed by atoms with Gasteiger partial charge in [0, 0.05) is 24.0 Å². The Labute approximate surface area is 165 Å². The van der Waals surface area contributed by atoms with Gasteiger partial charge in [0.1, 0.15) is 5.75 Å². The molecule has 0 aliphatic carbocycles. The Morgan fingerprint density at radius 3 is 2.57 bits per heavy atom. The Morgan fingerprint density at radius 2 is 1.89 bits per heavy atom. The lowest BCUT2D eigenvalue weighted by atomic mass is 9.96. The van der Waals surface area contributed by atoms with Crippen molar-refractivity contribution in [1.82, 2.24) is 5.01 Å². The number of amides is 1. The number of para-hydroxylation sites is 2. The van der Waals surface area contributed by atoms with E-state index in [4.69, 9.17) is 4.74 Å². The Balaban J connectivity index is 2.04. The van der Waals surface area contributed by atoms with Crippen molar-refractivity contribution >= 4 is 27.3 Å². The first-order valence-corrected chi connectivity index (χ1v) is 10.8. The van der Waals surface area contributed by atoms with Crippen LogP contribution in [0.1, 0.15) is 36.9 Å². The molecular formula is C20H23N3O4S. The van der Waals surface area contributed by atoms with Crippen LogP contribution in [-0.2, 0) is 14.8 Å². The predicted octanol–water partition coefficient (Wildman–Crippen LogP) is 3.15. The molecule has 7 nitrogen and oxygen atoms in total. The summed E-state index contributed by atoms with van der Waals surface area (Å²) in [6.45, 7) is 1.77. The molecule has 1 atom stereocenters. The molecule has 148 valence electrons. The molecule has 0 bridgehead atoms. The second-order valence-corrected chi connectivity index (χ2v) is 8.27. The summed E-state index contributed by atoms with van der Waals surface area (Å²) in [7, 11) is -1.87. The molecule has 1 aliphatic rings. The highest BCUT2D eigenvalue weighted by molar-refractivity contribution is 7.92. The maximum Gasteiger partial charge on any atom is 0.242 e. The first kappa shape index (κ1) is 19.9. The fourth-order valence-electron chi connectivity index (χ4n) is 3.27. The quantitative estimate of drug-likeness (QED) is 0.805. The van der Waals surface area contributed by atoms with Crippen LogP contribution in [0.15, 0.2) is 53.6 Å². The van der Waals surface area contributed by atoms with Crippen LogP contribution in [0.3, 0.4) is 0 Å². The molecule has 0 fully saturated rings. The van der Waals surface area contributed by atoms with E-state index in [1.54, 1.807) is 26.2 Å². The summed E-state index contributed by atoms with van der Waals surface area (Å²) in [4.78, 5) is 12.6. The number of carbonyl (C=O) groups is 1. The Kier molecular flexibility index (Phi) is 5.69. The Hall–Kier alpha value is -2.87. The smallest absolute Gasteiger partial charge is 0.242 e. The zero-order valence-corrected chi connectivity index (χ0v) is 16.9. The average Bonchev–Trinajstić information content (AvgIpc) is 3.11. The summed E-state index contributed by atoms with van der Waals surface area (Å²) < 4.78 is 31.5. The van der Waals surface area contributed by atoms with Gasteiger partial charge in [-0.3, -0.25) is 9.52 Å². The van der Waals surface area contributed by atoms with E-state index in [1.165, 1.54) is 5.01 Å². The molecule has 1 heterocycles. The van der Waals surface area contributed by atoms with Gasteiger partial charge in [0.25, 0.3) is 0 Å². The molecule has 2 aromatic rings. The minimum Gasteiger partial charge on any atom is -0.496 e. The van der Waals surface area contributed by atoms with E-state index in [1.807, 2.05) is 36.4 Å². The molecule has 0 radical (unpaired) electrons. The SMILES string of the molecule is CCC(=O)N1N=C(c2ccccc2OC)CC1c1ccccc1NS(C)(=O)=O. The predicted molar refractivity (Wildman–Crippen MR) is 109 cm³/mol. The van der Waals surface area contributed by atoms with E-state index in [9.17, 15) is 13.2 Å². The van der Waals surface area contributed by atoms with Crippen molar-refractivity contribution in [3.05, 3.63) is 59.7 Å². The second kappa shape index (κ2) is 8.02. The Bertz CT molecular complexity index is 1020. The third kappa shape index (κ3) is 4.17. The van der Waals surface area contributed by atoms with Crippen molar-refractivity contribution < 1.29 is 17.9 Å². The molecule has 0 saturated carbocycles. The number of nitrogens with one attached hydrogen (secondary N) is 1. The van der Waals surface area contributed by atoms with Gasteiger partial charge < -0.3 is 4.74 Å². The summed E-state index contributed by atoms with van der Waals surface area (Å²) in [6, 6.07) is 14.2. The average molecular weight is 401 g/mol. The first-order chi connectivity index (χ1) is 13.3. The normalized spacial score (nSPS) is 16.6. The van der Waals surface area contributed by atoms with Crippen molar-refractivity contribution in [2.75, 3.05) is 18.1 Å². The number of carbonyl (C=O) groups excluding carboxylic acids is 1. The molecule has 0 spiro atoms. The summed E-state index contributed by atoms with van der Waals surface area (Å²) in [6.07, 6.45) is 1.85. The van der Waals surface area contributed by atoms with Crippen LogP contribution in [-0.4, -0.2) is 38.4 Å². The van der Waals surface area contributed by atoms with Gasteiger partial charge in [0.2, 0.25) is 15.9 Å². The van der Waals surface area contributed by atoms with Crippen LogP contribution in [0.5, 0.6) is 5.75 Å². The van der Waals surface area contributed by atoms with Crippen molar-refractivity contribution in [2.45, 2.75) is 25.8 Å². The summed E-state index contributed by atoms with van der Waals surface area (Å²) >= 11 is 0. The van der Waals surface area contributed by atoms with E-state index in [0.717, 1.165) is 17.5 Å². The van der Waals surface area contributed by atoms with Gasteiger partial charge in [-0.25, -0.2) is 13.4 Å². The first-order valence-electron chi connectivity index (χ1n) is 8.93. The van der Waals surface area contributed by atoms with Gasteiger partial charge in [-0.2, -0.15) is 5.10 Å². The van der Waals surface area contributed by atoms with Crippen LogP contribution in [0, 0.1) is 0 Å². The van der Waals surface area contributed by atoms with Gasteiger partial charge in [-0.05, 0) is 18.2 Å². The van der Waals surface area contributed by atoms with E-state index in [2.05, 4.69) is 9.82 Å². The fourth-order valence-corrected chi connectivity index (χ4v) is 3.86. The number of hydrogen-bond acceptors (Lipinski definition) is 5. The monoisotopic (exact) mass is 401 g/mol. The fraction of sp³-hybridized carbons (Fsp3) is 0.300. The van der Waals surface area contributed by atoms with Crippen LogP contribution in [0.2, 0.25) is 0 Å². The number of ether oxygens (including phenoxy) is 1. The molecule has 8 heteroatoms. The maximum absolute atomic E-state index is 12.6. The lowest BCUT2D eigenvalue weighted by molar-refractivity contribution is -0.132.